The fourth-order valence-electron chi connectivity index (χ4n) is 2.90. The standard InChI is InChI=1S/C22H34N2O2/c1-5-9-10-11-12-18-26-21(13-6-2)20(7-3)22(25)23-19-14-16-24(8-4)17-15-19/h5-7,11-13,19H,1-2,8-10,14-18H2,3-4H3,(H,23,25)/b12-11+,20-7+,21-13+. The van der Waals surface area contributed by atoms with Crippen molar-refractivity contribution in [3.05, 3.63) is 60.9 Å². The quantitative estimate of drug-likeness (QED) is 0.198. The number of unbranched alkanes of at least 4 members (excludes halogenated alkanes) is 1. The molecule has 0 unspecified atom stereocenters. The second-order valence-corrected chi connectivity index (χ2v) is 6.30. The molecule has 1 aliphatic rings. The van der Waals surface area contributed by atoms with Crippen molar-refractivity contribution in [2.24, 2.45) is 0 Å². The van der Waals surface area contributed by atoms with Crippen molar-refractivity contribution in [1.82, 2.24) is 10.2 Å². The normalized spacial score (nSPS) is 17.3. The predicted molar refractivity (Wildman–Crippen MR) is 110 cm³/mol. The number of hydrogen-bond acceptors (Lipinski definition) is 3. The van der Waals surface area contributed by atoms with E-state index in [0.717, 1.165) is 45.3 Å². The summed E-state index contributed by atoms with van der Waals surface area (Å²) < 4.78 is 5.80. The van der Waals surface area contributed by atoms with Crippen LogP contribution in [0.1, 0.15) is 39.5 Å². The number of rotatable bonds is 11. The Hall–Kier alpha value is -2.07. The first-order chi connectivity index (χ1) is 12.7. The van der Waals surface area contributed by atoms with Gasteiger partial charge in [-0.25, -0.2) is 0 Å². The van der Waals surface area contributed by atoms with Crippen molar-refractivity contribution in [2.75, 3.05) is 26.2 Å². The van der Waals surface area contributed by atoms with Gasteiger partial charge >= 0.3 is 0 Å². The van der Waals surface area contributed by atoms with Crippen molar-refractivity contribution < 1.29 is 9.53 Å². The zero-order valence-corrected chi connectivity index (χ0v) is 16.4. The minimum absolute atomic E-state index is 0.0776. The zero-order valence-electron chi connectivity index (χ0n) is 16.4. The number of likely N-dealkylation sites (tertiary alicyclic amines) is 1. The number of nitrogens with one attached hydrogen (secondary N) is 1. The Balaban J connectivity index is 2.59. The molecule has 0 atom stereocenters. The molecule has 0 radical (unpaired) electrons. The lowest BCUT2D eigenvalue weighted by Gasteiger charge is -2.31. The molecule has 1 N–H and O–H groups in total. The Morgan fingerprint density at radius 2 is 1.96 bits per heavy atom. The smallest absolute Gasteiger partial charge is 0.254 e. The highest BCUT2D eigenvalue weighted by Gasteiger charge is 2.22. The predicted octanol–water partition coefficient (Wildman–Crippen LogP) is 4.14. The molecule has 1 saturated heterocycles. The maximum absolute atomic E-state index is 12.7. The van der Waals surface area contributed by atoms with Crippen molar-refractivity contribution in [3.63, 3.8) is 0 Å². The van der Waals surface area contributed by atoms with Crippen LogP contribution >= 0.6 is 0 Å². The molecule has 0 aromatic heterocycles. The van der Waals surface area contributed by atoms with Gasteiger partial charge in [-0.05, 0) is 45.2 Å². The first-order valence-electron chi connectivity index (χ1n) is 9.57. The summed E-state index contributed by atoms with van der Waals surface area (Å²) in [5, 5.41) is 3.15. The molecule has 4 nitrogen and oxygen atoms in total. The molecule has 0 bridgehead atoms. The molecule has 0 spiro atoms. The number of allylic oxidation sites excluding steroid dienone is 5. The summed E-state index contributed by atoms with van der Waals surface area (Å²) in [5.74, 6) is 0.477. The van der Waals surface area contributed by atoms with Gasteiger partial charge in [-0.2, -0.15) is 0 Å². The van der Waals surface area contributed by atoms with E-state index in [0.29, 0.717) is 17.9 Å². The number of amides is 1. The SMILES string of the molecule is C=C/C=C(OC/C=C/CCC=C)\C(=C/C)C(=O)NC1CCN(CC)CC1. The van der Waals surface area contributed by atoms with Gasteiger partial charge in [0.15, 0.2) is 0 Å². The number of carbonyl (C=O) groups excluding carboxylic acids is 1. The summed E-state index contributed by atoms with van der Waals surface area (Å²) in [6.07, 6.45) is 15.0. The fourth-order valence-corrected chi connectivity index (χ4v) is 2.90. The van der Waals surface area contributed by atoms with Crippen LogP contribution in [-0.2, 0) is 9.53 Å². The van der Waals surface area contributed by atoms with E-state index < -0.39 is 0 Å². The molecule has 4 heteroatoms. The Bertz CT molecular complexity index is 538. The fraction of sp³-hybridized carbons (Fsp3) is 0.500. The van der Waals surface area contributed by atoms with E-state index >= 15 is 0 Å². The van der Waals surface area contributed by atoms with Crippen LogP contribution in [-0.4, -0.2) is 43.1 Å². The number of piperidine rings is 1. The molecular weight excluding hydrogens is 324 g/mol. The largest absolute Gasteiger partial charge is 0.489 e. The second-order valence-electron chi connectivity index (χ2n) is 6.30. The molecule has 0 aromatic carbocycles. The third-order valence-corrected chi connectivity index (χ3v) is 4.48. The summed E-state index contributed by atoms with van der Waals surface area (Å²) in [6, 6.07) is 0.226. The van der Waals surface area contributed by atoms with Crippen LogP contribution in [0.5, 0.6) is 0 Å². The lowest BCUT2D eigenvalue weighted by molar-refractivity contribution is -0.118. The van der Waals surface area contributed by atoms with Crippen LogP contribution in [0.3, 0.4) is 0 Å². The van der Waals surface area contributed by atoms with E-state index in [1.807, 2.05) is 19.1 Å². The van der Waals surface area contributed by atoms with Crippen molar-refractivity contribution in [1.29, 1.82) is 0 Å². The first kappa shape index (κ1) is 22.0. The Morgan fingerprint density at radius 1 is 1.23 bits per heavy atom. The Labute approximate surface area is 159 Å². The number of nitrogens with zero attached hydrogens (tertiary/aromatic N) is 1. The van der Waals surface area contributed by atoms with Gasteiger partial charge in [0.2, 0.25) is 0 Å². The molecule has 0 aliphatic carbocycles. The number of hydrogen-bond donors (Lipinski definition) is 1. The minimum Gasteiger partial charge on any atom is -0.489 e. The van der Waals surface area contributed by atoms with Gasteiger partial charge in [-0.15, -0.1) is 6.58 Å². The van der Waals surface area contributed by atoms with E-state index in [4.69, 9.17) is 4.74 Å². The van der Waals surface area contributed by atoms with E-state index in [1.54, 1.807) is 18.2 Å². The third kappa shape index (κ3) is 7.87. The topological polar surface area (TPSA) is 41.6 Å². The van der Waals surface area contributed by atoms with E-state index in [9.17, 15) is 4.79 Å². The van der Waals surface area contributed by atoms with Crippen LogP contribution < -0.4 is 5.32 Å². The average molecular weight is 359 g/mol. The molecular formula is C22H34N2O2. The lowest BCUT2D eigenvalue weighted by Crippen LogP contribution is -2.45. The molecule has 1 fully saturated rings. The first-order valence-corrected chi connectivity index (χ1v) is 9.57. The van der Waals surface area contributed by atoms with Crippen LogP contribution in [0.25, 0.3) is 0 Å². The van der Waals surface area contributed by atoms with Gasteiger partial charge < -0.3 is 15.0 Å². The van der Waals surface area contributed by atoms with Crippen molar-refractivity contribution in [3.8, 4) is 0 Å². The monoisotopic (exact) mass is 358 g/mol. The summed E-state index contributed by atoms with van der Waals surface area (Å²) in [6.45, 7) is 15.0. The van der Waals surface area contributed by atoms with E-state index in [2.05, 4.69) is 36.4 Å². The van der Waals surface area contributed by atoms with Crippen molar-refractivity contribution >= 4 is 5.91 Å². The van der Waals surface area contributed by atoms with E-state index in [-0.39, 0.29) is 11.9 Å². The number of ether oxygens (including phenoxy) is 1. The van der Waals surface area contributed by atoms with Gasteiger partial charge in [0.1, 0.15) is 12.4 Å². The Kier molecular flexibility index (Phi) is 11.1. The zero-order chi connectivity index (χ0) is 19.2. The molecule has 1 rings (SSSR count). The van der Waals surface area contributed by atoms with Gasteiger partial charge in [-0.3, -0.25) is 4.79 Å². The number of carbonyl (C=O) groups is 1. The van der Waals surface area contributed by atoms with Gasteiger partial charge in [-0.1, -0.05) is 43.9 Å². The molecule has 144 valence electrons. The second kappa shape index (κ2) is 13.2. The molecule has 0 saturated carbocycles. The molecule has 26 heavy (non-hydrogen) atoms. The average Bonchev–Trinajstić information content (AvgIpc) is 2.65. The van der Waals surface area contributed by atoms with Gasteiger partial charge in [0, 0.05) is 19.1 Å². The van der Waals surface area contributed by atoms with Crippen LogP contribution in [0, 0.1) is 0 Å². The maximum atomic E-state index is 12.7. The molecule has 1 amide bonds. The highest BCUT2D eigenvalue weighted by Crippen LogP contribution is 2.15. The lowest BCUT2D eigenvalue weighted by atomic mass is 10.0. The van der Waals surface area contributed by atoms with Gasteiger partial charge in [0.25, 0.3) is 5.91 Å². The summed E-state index contributed by atoms with van der Waals surface area (Å²) in [4.78, 5) is 15.1. The van der Waals surface area contributed by atoms with Crippen molar-refractivity contribution in [2.45, 2.75) is 45.6 Å². The van der Waals surface area contributed by atoms with Crippen LogP contribution in [0.15, 0.2) is 60.9 Å². The van der Waals surface area contributed by atoms with Crippen LogP contribution in [0.2, 0.25) is 0 Å². The molecule has 0 aromatic rings. The Morgan fingerprint density at radius 3 is 2.54 bits per heavy atom. The third-order valence-electron chi connectivity index (χ3n) is 4.48. The molecule has 1 heterocycles. The maximum Gasteiger partial charge on any atom is 0.254 e. The molecule has 1 aliphatic heterocycles. The minimum atomic E-state index is -0.0776. The summed E-state index contributed by atoms with van der Waals surface area (Å²) in [7, 11) is 0. The van der Waals surface area contributed by atoms with Gasteiger partial charge in [0.05, 0.1) is 5.57 Å². The van der Waals surface area contributed by atoms with Crippen LogP contribution in [0.4, 0.5) is 0 Å². The summed E-state index contributed by atoms with van der Waals surface area (Å²) in [5.41, 5.74) is 0.558. The highest BCUT2D eigenvalue weighted by atomic mass is 16.5. The highest BCUT2D eigenvalue weighted by molar-refractivity contribution is 5.97. The van der Waals surface area contributed by atoms with E-state index in [1.165, 1.54) is 0 Å². The summed E-state index contributed by atoms with van der Waals surface area (Å²) >= 11 is 0.